The highest BCUT2D eigenvalue weighted by molar-refractivity contribution is 7.11. The minimum Gasteiger partial charge on any atom is -0.383 e. The molecule has 0 fully saturated rings. The summed E-state index contributed by atoms with van der Waals surface area (Å²) in [4.78, 5) is 6.60. The Hall–Kier alpha value is -0.450. The Morgan fingerprint density at radius 3 is 2.52 bits per heavy atom. The molecule has 0 amide bonds. The minimum atomic E-state index is 0.0596. The van der Waals surface area contributed by atoms with E-state index in [0.29, 0.717) is 0 Å². The van der Waals surface area contributed by atoms with Gasteiger partial charge in [-0.05, 0) is 38.5 Å². The molecule has 1 aliphatic carbocycles. The number of hydrogen-bond acceptors (Lipinski definition) is 4. The molecule has 1 aromatic heterocycles. The molecule has 0 saturated carbocycles. The van der Waals surface area contributed by atoms with Crippen LogP contribution in [0.2, 0.25) is 0 Å². The third-order valence-corrected chi connectivity index (χ3v) is 5.74. The van der Waals surface area contributed by atoms with E-state index in [2.05, 4.69) is 19.2 Å². The summed E-state index contributed by atoms with van der Waals surface area (Å²) in [6.07, 6.45) is 9.75. The van der Waals surface area contributed by atoms with Gasteiger partial charge in [-0.25, -0.2) is 4.98 Å². The molecular formula is C17H30N2OS. The van der Waals surface area contributed by atoms with Crippen molar-refractivity contribution in [3.8, 4) is 0 Å². The van der Waals surface area contributed by atoms with Gasteiger partial charge in [0.25, 0.3) is 0 Å². The number of nitrogens with zero attached hydrogens (tertiary/aromatic N) is 1. The van der Waals surface area contributed by atoms with Gasteiger partial charge in [0.05, 0.1) is 17.8 Å². The first-order valence-electron chi connectivity index (χ1n) is 8.48. The number of fused-ring (bicyclic) bond motifs is 1. The molecule has 0 aromatic carbocycles. The van der Waals surface area contributed by atoms with E-state index < -0.39 is 0 Å². The van der Waals surface area contributed by atoms with Gasteiger partial charge < -0.3 is 10.1 Å². The third kappa shape index (κ3) is 4.05. The predicted molar refractivity (Wildman–Crippen MR) is 90.1 cm³/mol. The quantitative estimate of drug-likeness (QED) is 0.699. The topological polar surface area (TPSA) is 34.1 Å². The van der Waals surface area contributed by atoms with Crippen molar-refractivity contribution in [2.24, 2.45) is 0 Å². The van der Waals surface area contributed by atoms with Crippen LogP contribution in [0.4, 0.5) is 0 Å². The Labute approximate surface area is 133 Å². The molecule has 4 heteroatoms. The largest absolute Gasteiger partial charge is 0.383 e. The molecule has 120 valence electrons. The van der Waals surface area contributed by atoms with E-state index in [1.165, 1.54) is 49.2 Å². The van der Waals surface area contributed by atoms with Gasteiger partial charge in [-0.15, -0.1) is 11.3 Å². The Morgan fingerprint density at radius 2 is 1.90 bits per heavy atom. The van der Waals surface area contributed by atoms with Crippen molar-refractivity contribution >= 4 is 11.3 Å². The van der Waals surface area contributed by atoms with Crippen LogP contribution in [-0.2, 0) is 23.1 Å². The lowest BCUT2D eigenvalue weighted by Gasteiger charge is -2.33. The molecule has 3 nitrogen and oxygen atoms in total. The maximum atomic E-state index is 5.23. The maximum Gasteiger partial charge on any atom is 0.113 e. The van der Waals surface area contributed by atoms with Crippen LogP contribution in [0.3, 0.4) is 0 Å². The first-order valence-corrected chi connectivity index (χ1v) is 9.30. The zero-order chi connectivity index (χ0) is 15.1. The fraction of sp³-hybridized carbons (Fsp3) is 0.824. The van der Waals surface area contributed by atoms with E-state index in [0.717, 1.165) is 26.0 Å². The zero-order valence-corrected chi connectivity index (χ0v) is 14.7. The Kier molecular flexibility index (Phi) is 6.65. The number of aryl methyl sites for hydroxylation is 2. The van der Waals surface area contributed by atoms with E-state index in [1.54, 1.807) is 12.0 Å². The number of aromatic nitrogens is 1. The number of thiazole rings is 1. The van der Waals surface area contributed by atoms with Gasteiger partial charge in [0, 0.05) is 18.5 Å². The fourth-order valence-electron chi connectivity index (χ4n) is 3.39. The number of rotatable bonds is 9. The van der Waals surface area contributed by atoms with Crippen molar-refractivity contribution in [1.29, 1.82) is 0 Å². The highest BCUT2D eigenvalue weighted by atomic mass is 32.1. The molecule has 1 aromatic rings. The van der Waals surface area contributed by atoms with Crippen LogP contribution in [0.25, 0.3) is 0 Å². The van der Waals surface area contributed by atoms with Crippen molar-refractivity contribution in [3.05, 3.63) is 15.6 Å². The normalized spacial score (nSPS) is 15.2. The molecule has 21 heavy (non-hydrogen) atoms. The standard InChI is InChI=1S/C17H30N2OS/c1-4-10-17(11-5-2,18-12-13-20-3)16-19-14-8-6-7-9-15(14)21-16/h18H,4-13H2,1-3H3. The van der Waals surface area contributed by atoms with Crippen LogP contribution in [0.5, 0.6) is 0 Å². The first kappa shape index (κ1) is 16.9. The number of nitrogens with one attached hydrogen (secondary N) is 1. The molecule has 1 heterocycles. The Morgan fingerprint density at radius 1 is 1.19 bits per heavy atom. The number of hydrogen-bond donors (Lipinski definition) is 1. The molecule has 0 spiro atoms. The van der Waals surface area contributed by atoms with Gasteiger partial charge in [-0.3, -0.25) is 0 Å². The molecule has 0 radical (unpaired) electrons. The summed E-state index contributed by atoms with van der Waals surface area (Å²) in [7, 11) is 1.77. The number of methoxy groups -OCH3 is 1. The molecule has 2 rings (SSSR count). The van der Waals surface area contributed by atoms with Crippen molar-refractivity contribution < 1.29 is 4.74 Å². The highest BCUT2D eigenvalue weighted by Crippen LogP contribution is 2.37. The second-order valence-corrected chi connectivity index (χ2v) is 7.18. The lowest BCUT2D eigenvalue weighted by Crippen LogP contribution is -2.43. The van der Waals surface area contributed by atoms with E-state index in [9.17, 15) is 0 Å². The zero-order valence-electron chi connectivity index (χ0n) is 13.8. The van der Waals surface area contributed by atoms with Crippen LogP contribution >= 0.6 is 11.3 Å². The summed E-state index contributed by atoms with van der Waals surface area (Å²) < 4.78 is 5.23. The van der Waals surface area contributed by atoms with Gasteiger partial charge in [0.2, 0.25) is 0 Å². The Bertz CT molecular complexity index is 401. The number of ether oxygens (including phenoxy) is 1. The van der Waals surface area contributed by atoms with E-state index in [1.807, 2.05) is 11.3 Å². The Balaban J connectivity index is 2.24. The highest BCUT2D eigenvalue weighted by Gasteiger charge is 2.34. The third-order valence-electron chi connectivity index (χ3n) is 4.38. The van der Waals surface area contributed by atoms with Crippen molar-refractivity contribution in [2.75, 3.05) is 20.3 Å². The van der Waals surface area contributed by atoms with Crippen molar-refractivity contribution in [3.63, 3.8) is 0 Å². The van der Waals surface area contributed by atoms with Crippen LogP contribution in [0, 0.1) is 0 Å². The molecule has 0 bridgehead atoms. The van der Waals surface area contributed by atoms with Crippen LogP contribution in [0.1, 0.15) is 68.0 Å². The minimum absolute atomic E-state index is 0.0596. The summed E-state index contributed by atoms with van der Waals surface area (Å²) in [6, 6.07) is 0. The molecule has 1 aliphatic rings. The van der Waals surface area contributed by atoms with E-state index >= 15 is 0 Å². The van der Waals surface area contributed by atoms with Gasteiger partial charge in [0.15, 0.2) is 0 Å². The van der Waals surface area contributed by atoms with Gasteiger partial charge in [-0.2, -0.15) is 0 Å². The lowest BCUT2D eigenvalue weighted by atomic mass is 9.89. The van der Waals surface area contributed by atoms with E-state index in [-0.39, 0.29) is 5.54 Å². The summed E-state index contributed by atoms with van der Waals surface area (Å²) >= 11 is 1.97. The summed E-state index contributed by atoms with van der Waals surface area (Å²) in [5.41, 5.74) is 1.44. The fourth-order valence-corrected chi connectivity index (χ4v) is 4.77. The molecule has 0 unspecified atom stereocenters. The SMILES string of the molecule is CCCC(CCC)(NCCOC)c1nc2c(s1)CCCC2. The first-order chi connectivity index (χ1) is 10.3. The average Bonchev–Trinajstić information content (AvgIpc) is 2.92. The maximum absolute atomic E-state index is 5.23. The molecule has 0 saturated heterocycles. The van der Waals surface area contributed by atoms with Crippen molar-refractivity contribution in [2.45, 2.75) is 70.8 Å². The monoisotopic (exact) mass is 310 g/mol. The lowest BCUT2D eigenvalue weighted by molar-refractivity contribution is 0.176. The molecule has 0 atom stereocenters. The van der Waals surface area contributed by atoms with Crippen LogP contribution in [0.15, 0.2) is 0 Å². The van der Waals surface area contributed by atoms with Gasteiger partial charge >= 0.3 is 0 Å². The predicted octanol–water partition coefficient (Wildman–Crippen LogP) is 4.05. The van der Waals surface area contributed by atoms with Crippen molar-refractivity contribution in [1.82, 2.24) is 10.3 Å². The molecular weight excluding hydrogens is 280 g/mol. The summed E-state index contributed by atoms with van der Waals surface area (Å²) in [5, 5.41) is 5.11. The van der Waals surface area contributed by atoms with Gasteiger partial charge in [0.1, 0.15) is 5.01 Å². The van der Waals surface area contributed by atoms with E-state index in [4.69, 9.17) is 9.72 Å². The molecule has 0 aliphatic heterocycles. The second kappa shape index (κ2) is 8.25. The molecule has 1 N–H and O–H groups in total. The smallest absolute Gasteiger partial charge is 0.113 e. The van der Waals surface area contributed by atoms with Crippen LogP contribution < -0.4 is 5.32 Å². The van der Waals surface area contributed by atoms with Gasteiger partial charge in [-0.1, -0.05) is 26.7 Å². The van der Waals surface area contributed by atoms with Crippen LogP contribution in [-0.4, -0.2) is 25.2 Å². The summed E-state index contributed by atoms with van der Waals surface area (Å²) in [5.74, 6) is 0. The second-order valence-electron chi connectivity index (χ2n) is 6.10. The summed E-state index contributed by atoms with van der Waals surface area (Å²) in [6.45, 7) is 6.22. The average molecular weight is 311 g/mol.